The fraction of sp³-hybridized carbons (Fsp3) is 0.324. The number of anilines is 1. The number of carbonyl (C=O) groups excluding carboxylic acids is 2. The van der Waals surface area contributed by atoms with Crippen LogP contribution < -0.4 is 19.1 Å². The Morgan fingerprint density at radius 1 is 1.02 bits per heavy atom. The van der Waals surface area contributed by atoms with Crippen LogP contribution in [-0.2, 0) is 9.59 Å². The van der Waals surface area contributed by atoms with E-state index in [0.717, 1.165) is 27.8 Å². The number of amides is 1. The van der Waals surface area contributed by atoms with Crippen LogP contribution in [0.4, 0.5) is 5.13 Å². The van der Waals surface area contributed by atoms with E-state index >= 15 is 0 Å². The van der Waals surface area contributed by atoms with Crippen molar-refractivity contribution in [2.24, 2.45) is 5.92 Å². The van der Waals surface area contributed by atoms with Gasteiger partial charge in [0.15, 0.2) is 16.6 Å². The fourth-order valence-corrected chi connectivity index (χ4v) is 6.38. The minimum absolute atomic E-state index is 0.0307. The number of nitrogens with zero attached hydrogens (tertiary/aromatic N) is 2. The zero-order valence-corrected chi connectivity index (χ0v) is 26.1. The van der Waals surface area contributed by atoms with Crippen molar-refractivity contribution in [2.75, 3.05) is 25.2 Å². The van der Waals surface area contributed by atoms with E-state index < -0.39 is 17.7 Å². The number of methoxy groups -OCH3 is 1. The summed E-state index contributed by atoms with van der Waals surface area (Å²) in [4.78, 5) is 33.7. The van der Waals surface area contributed by atoms with Crippen molar-refractivity contribution < 1.29 is 28.9 Å². The quantitative estimate of drug-likeness (QED) is 0.115. The fourth-order valence-electron chi connectivity index (χ4n) is 5.22. The molecule has 3 aromatic carbocycles. The number of aromatic nitrogens is 1. The maximum absolute atomic E-state index is 13.8. The number of ketones is 1. The predicted molar refractivity (Wildman–Crippen MR) is 169 cm³/mol. The molecule has 0 saturated carbocycles. The molecule has 43 heavy (non-hydrogen) atoms. The van der Waals surface area contributed by atoms with Crippen molar-refractivity contribution >= 4 is 44.1 Å². The number of thiazole rings is 1. The molecule has 1 atom stereocenters. The summed E-state index contributed by atoms with van der Waals surface area (Å²) >= 11 is 1.34. The third-order valence-electron chi connectivity index (χ3n) is 7.36. The molecule has 1 aliphatic heterocycles. The normalized spacial score (nSPS) is 16.3. The van der Waals surface area contributed by atoms with Gasteiger partial charge in [-0.2, -0.15) is 0 Å². The van der Waals surface area contributed by atoms with Crippen LogP contribution in [0.1, 0.15) is 55.5 Å². The number of hydrogen-bond acceptors (Lipinski definition) is 8. The lowest BCUT2D eigenvalue weighted by molar-refractivity contribution is -0.132. The smallest absolute Gasteiger partial charge is 0.301 e. The third kappa shape index (κ3) is 5.95. The van der Waals surface area contributed by atoms with Gasteiger partial charge < -0.3 is 19.3 Å². The summed E-state index contributed by atoms with van der Waals surface area (Å²) in [7, 11) is 1.55. The predicted octanol–water partition coefficient (Wildman–Crippen LogP) is 7.37. The van der Waals surface area contributed by atoms with Crippen LogP contribution in [0.3, 0.4) is 0 Å². The minimum atomic E-state index is -0.952. The van der Waals surface area contributed by atoms with E-state index in [9.17, 15) is 14.7 Å². The summed E-state index contributed by atoms with van der Waals surface area (Å²) in [6, 6.07) is 15.2. The van der Waals surface area contributed by atoms with Crippen molar-refractivity contribution in [1.29, 1.82) is 0 Å². The first-order chi connectivity index (χ1) is 20.6. The van der Waals surface area contributed by atoms with Crippen molar-refractivity contribution in [3.05, 3.63) is 82.4 Å². The van der Waals surface area contributed by atoms with Crippen LogP contribution in [0.15, 0.2) is 60.2 Å². The molecule has 0 bridgehead atoms. The molecule has 5 rings (SSSR count). The van der Waals surface area contributed by atoms with Gasteiger partial charge in [0, 0.05) is 5.56 Å². The Bertz CT molecular complexity index is 1710. The van der Waals surface area contributed by atoms with Gasteiger partial charge in [-0.1, -0.05) is 37.3 Å². The first kappa shape index (κ1) is 30.1. The second-order valence-corrected chi connectivity index (χ2v) is 12.0. The first-order valence-electron chi connectivity index (χ1n) is 14.4. The van der Waals surface area contributed by atoms with Gasteiger partial charge >= 0.3 is 5.91 Å². The summed E-state index contributed by atoms with van der Waals surface area (Å²) in [5.74, 6) is 0.299. The molecule has 1 N–H and O–H groups in total. The number of hydrogen-bond donors (Lipinski definition) is 1. The number of fused-ring (bicyclic) bond motifs is 1. The molecule has 1 saturated heterocycles. The van der Waals surface area contributed by atoms with Gasteiger partial charge in [0.05, 0.1) is 42.2 Å². The average molecular weight is 601 g/mol. The van der Waals surface area contributed by atoms with E-state index in [2.05, 4.69) is 13.8 Å². The Morgan fingerprint density at radius 2 is 1.77 bits per heavy atom. The van der Waals surface area contributed by atoms with Gasteiger partial charge in [-0.15, -0.1) is 0 Å². The standard InChI is InChI=1S/C34H36N2O6S/c1-7-41-24-11-8-22(9-12-24)31(37)28-30(23-10-13-25(26(18-23)40-6)42-15-14-19(2)3)36(33(39)32(28)38)34-35-29-21(5)16-20(4)17-27(29)43-34/h8-13,16-19,30,37H,7,14-15H2,1-6H3/b31-28+. The van der Waals surface area contributed by atoms with E-state index in [1.54, 1.807) is 49.6 Å². The van der Waals surface area contributed by atoms with Gasteiger partial charge in [0.2, 0.25) is 0 Å². The molecule has 4 aromatic rings. The number of rotatable bonds is 10. The lowest BCUT2D eigenvalue weighted by Crippen LogP contribution is -2.29. The molecule has 9 heteroatoms. The summed E-state index contributed by atoms with van der Waals surface area (Å²) < 4.78 is 18.1. The second kappa shape index (κ2) is 12.5. The Kier molecular flexibility index (Phi) is 8.73. The largest absolute Gasteiger partial charge is 0.507 e. The number of ether oxygens (including phenoxy) is 3. The molecule has 1 unspecified atom stereocenters. The lowest BCUT2D eigenvalue weighted by atomic mass is 9.95. The summed E-state index contributed by atoms with van der Waals surface area (Å²) in [6.07, 6.45) is 0.879. The highest BCUT2D eigenvalue weighted by atomic mass is 32.1. The zero-order chi connectivity index (χ0) is 30.8. The average Bonchev–Trinajstić information content (AvgIpc) is 3.51. The molecule has 0 spiro atoms. The van der Waals surface area contributed by atoms with Crippen molar-refractivity contribution in [3.63, 3.8) is 0 Å². The number of aliphatic hydroxyl groups is 1. The van der Waals surface area contributed by atoms with Crippen molar-refractivity contribution in [1.82, 2.24) is 4.98 Å². The maximum Gasteiger partial charge on any atom is 0.301 e. The summed E-state index contributed by atoms with van der Waals surface area (Å²) in [5, 5.41) is 11.9. The molecule has 1 aromatic heterocycles. The third-order valence-corrected chi connectivity index (χ3v) is 8.37. The molecule has 0 radical (unpaired) electrons. The Morgan fingerprint density at radius 3 is 2.44 bits per heavy atom. The Labute approximate surface area is 255 Å². The highest BCUT2D eigenvalue weighted by Gasteiger charge is 2.48. The number of carbonyl (C=O) groups is 2. The molecule has 1 fully saturated rings. The van der Waals surface area contributed by atoms with E-state index in [1.807, 2.05) is 32.9 Å². The van der Waals surface area contributed by atoms with E-state index in [-0.39, 0.29) is 11.3 Å². The zero-order valence-electron chi connectivity index (χ0n) is 25.3. The molecule has 1 amide bonds. The molecule has 0 aliphatic carbocycles. The number of benzene rings is 3. The highest BCUT2D eigenvalue weighted by Crippen LogP contribution is 2.46. The molecular formula is C34H36N2O6S. The molecule has 224 valence electrons. The Balaban J connectivity index is 1.66. The molecular weight excluding hydrogens is 564 g/mol. The van der Waals surface area contributed by atoms with E-state index in [1.165, 1.54) is 16.2 Å². The van der Waals surface area contributed by atoms with Crippen LogP contribution in [0.2, 0.25) is 0 Å². The molecule has 2 heterocycles. The van der Waals surface area contributed by atoms with E-state index in [0.29, 0.717) is 52.6 Å². The lowest BCUT2D eigenvalue weighted by Gasteiger charge is -2.24. The van der Waals surface area contributed by atoms with E-state index in [4.69, 9.17) is 19.2 Å². The van der Waals surface area contributed by atoms with Crippen LogP contribution >= 0.6 is 11.3 Å². The highest BCUT2D eigenvalue weighted by molar-refractivity contribution is 7.22. The number of Topliss-reactive ketones (excluding diaryl/α,β-unsaturated/α-hetero) is 1. The SMILES string of the molecule is CCOc1ccc(/C(O)=C2\C(=O)C(=O)N(c3nc4c(C)cc(C)cc4s3)C2c2ccc(OCCC(C)C)c(OC)c2)cc1. The van der Waals surface area contributed by atoms with Crippen LogP contribution in [0.25, 0.3) is 16.0 Å². The van der Waals surface area contributed by atoms with Crippen LogP contribution in [-0.4, -0.2) is 42.1 Å². The van der Waals surface area contributed by atoms with Crippen molar-refractivity contribution in [3.8, 4) is 17.2 Å². The minimum Gasteiger partial charge on any atom is -0.507 e. The maximum atomic E-state index is 13.8. The van der Waals surface area contributed by atoms with Crippen LogP contribution in [0, 0.1) is 19.8 Å². The number of aryl methyl sites for hydroxylation is 2. The van der Waals surface area contributed by atoms with Crippen molar-refractivity contribution in [2.45, 2.75) is 47.1 Å². The topological polar surface area (TPSA) is 98.2 Å². The van der Waals surface area contributed by atoms with Gasteiger partial charge in [-0.3, -0.25) is 14.5 Å². The van der Waals surface area contributed by atoms with Gasteiger partial charge in [0.1, 0.15) is 11.5 Å². The number of aliphatic hydroxyl groups excluding tert-OH is 1. The van der Waals surface area contributed by atoms with Gasteiger partial charge in [0.25, 0.3) is 5.78 Å². The van der Waals surface area contributed by atoms with Crippen LogP contribution in [0.5, 0.6) is 17.2 Å². The first-order valence-corrected chi connectivity index (χ1v) is 15.2. The summed E-state index contributed by atoms with van der Waals surface area (Å²) in [6.45, 7) is 11.1. The monoisotopic (exact) mass is 600 g/mol. The summed E-state index contributed by atoms with van der Waals surface area (Å²) in [5.41, 5.74) is 3.76. The Hall–Kier alpha value is -4.37. The molecule has 8 nitrogen and oxygen atoms in total. The molecule has 1 aliphatic rings. The second-order valence-electron chi connectivity index (χ2n) is 11.0. The van der Waals surface area contributed by atoms with Gasteiger partial charge in [-0.25, -0.2) is 4.98 Å². The van der Waals surface area contributed by atoms with Gasteiger partial charge in [-0.05, 0) is 92.3 Å².